The molecule has 10 heteroatoms. The molecule has 0 atom stereocenters. The molecule has 4 rings (SSSR count). The van der Waals surface area contributed by atoms with E-state index >= 15 is 0 Å². The summed E-state index contributed by atoms with van der Waals surface area (Å²) < 4.78 is 6.86. The number of nitrogens with zero attached hydrogens (tertiary/aromatic N) is 6. The predicted molar refractivity (Wildman–Crippen MR) is 104 cm³/mol. The Morgan fingerprint density at radius 1 is 1.14 bits per heavy atom. The van der Waals surface area contributed by atoms with E-state index in [1.807, 2.05) is 36.7 Å². The van der Waals surface area contributed by atoms with Crippen molar-refractivity contribution < 1.29 is 14.1 Å². The highest BCUT2D eigenvalue weighted by atomic mass is 16.6. The fourth-order valence-corrected chi connectivity index (χ4v) is 3.62. The summed E-state index contributed by atoms with van der Waals surface area (Å²) in [7, 11) is 0. The van der Waals surface area contributed by atoms with Gasteiger partial charge in [0.1, 0.15) is 4.92 Å². The number of furan rings is 1. The SMILES string of the molecule is Cc1nn(-c2ccccn2)c(C)c1N1CCN(C(=O)c2ccc([N+](=O)[O-])o2)CC1. The first-order valence-electron chi connectivity index (χ1n) is 9.22. The Morgan fingerprint density at radius 2 is 1.90 bits per heavy atom. The van der Waals surface area contributed by atoms with E-state index in [2.05, 4.69) is 15.0 Å². The van der Waals surface area contributed by atoms with Gasteiger partial charge in [0.25, 0.3) is 5.91 Å². The Morgan fingerprint density at radius 3 is 2.52 bits per heavy atom. The van der Waals surface area contributed by atoms with Crippen molar-refractivity contribution >= 4 is 17.5 Å². The Kier molecular flexibility index (Phi) is 4.75. The van der Waals surface area contributed by atoms with E-state index in [4.69, 9.17) is 4.42 Å². The van der Waals surface area contributed by atoms with Gasteiger partial charge < -0.3 is 14.2 Å². The second-order valence-corrected chi connectivity index (χ2v) is 6.79. The molecule has 0 aromatic carbocycles. The first-order chi connectivity index (χ1) is 14.0. The number of carbonyl (C=O) groups is 1. The number of amides is 1. The van der Waals surface area contributed by atoms with Crippen molar-refractivity contribution in [2.75, 3.05) is 31.1 Å². The van der Waals surface area contributed by atoms with Gasteiger partial charge in [-0.05, 0) is 32.0 Å². The van der Waals surface area contributed by atoms with Gasteiger partial charge in [-0.25, -0.2) is 9.67 Å². The Labute approximate surface area is 166 Å². The predicted octanol–water partition coefficient (Wildman–Crippen LogP) is 2.35. The van der Waals surface area contributed by atoms with Crippen molar-refractivity contribution in [2.45, 2.75) is 13.8 Å². The van der Waals surface area contributed by atoms with Crippen molar-refractivity contribution in [2.24, 2.45) is 0 Å². The van der Waals surface area contributed by atoms with Gasteiger partial charge >= 0.3 is 5.88 Å². The van der Waals surface area contributed by atoms with E-state index in [-0.39, 0.29) is 11.7 Å². The molecule has 0 saturated carbocycles. The highest BCUT2D eigenvalue weighted by Gasteiger charge is 2.28. The fourth-order valence-electron chi connectivity index (χ4n) is 3.62. The molecule has 0 unspecified atom stereocenters. The molecule has 0 N–H and O–H groups in total. The summed E-state index contributed by atoms with van der Waals surface area (Å²) in [5.41, 5.74) is 2.92. The summed E-state index contributed by atoms with van der Waals surface area (Å²) >= 11 is 0. The number of aryl methyl sites for hydroxylation is 1. The van der Waals surface area contributed by atoms with Crippen LogP contribution in [0.1, 0.15) is 21.9 Å². The first kappa shape index (κ1) is 18.7. The average molecular weight is 396 g/mol. The Hall–Kier alpha value is -3.69. The minimum atomic E-state index is -0.653. The van der Waals surface area contributed by atoms with E-state index in [0.717, 1.165) is 22.9 Å². The van der Waals surface area contributed by atoms with Gasteiger partial charge in [0.2, 0.25) is 0 Å². The highest BCUT2D eigenvalue weighted by Crippen LogP contribution is 2.27. The van der Waals surface area contributed by atoms with E-state index in [9.17, 15) is 14.9 Å². The van der Waals surface area contributed by atoms with Crippen LogP contribution in [0, 0.1) is 24.0 Å². The second-order valence-electron chi connectivity index (χ2n) is 6.79. The Balaban J connectivity index is 1.48. The largest absolute Gasteiger partial charge is 0.433 e. The van der Waals surface area contributed by atoms with E-state index < -0.39 is 10.8 Å². The van der Waals surface area contributed by atoms with Gasteiger partial charge in [-0.2, -0.15) is 5.10 Å². The maximum atomic E-state index is 12.6. The Bertz CT molecular complexity index is 1050. The minimum Gasteiger partial charge on any atom is -0.395 e. The highest BCUT2D eigenvalue weighted by molar-refractivity contribution is 5.92. The number of nitro groups is 1. The number of carbonyl (C=O) groups excluding carboxylic acids is 1. The molecular formula is C19H20N6O4. The van der Waals surface area contributed by atoms with Crippen molar-refractivity contribution in [3.05, 3.63) is 63.8 Å². The van der Waals surface area contributed by atoms with Crippen LogP contribution in [0.5, 0.6) is 0 Å². The molecule has 1 aliphatic heterocycles. The average Bonchev–Trinajstić information content (AvgIpc) is 3.33. The lowest BCUT2D eigenvalue weighted by Gasteiger charge is -2.35. The number of aromatic nitrogens is 3. The van der Waals surface area contributed by atoms with Crippen molar-refractivity contribution in [1.29, 1.82) is 0 Å². The van der Waals surface area contributed by atoms with E-state index in [0.29, 0.717) is 26.2 Å². The molecule has 0 aliphatic carbocycles. The topological polar surface area (TPSA) is 111 Å². The molecule has 1 saturated heterocycles. The summed E-state index contributed by atoms with van der Waals surface area (Å²) in [5, 5.41) is 15.4. The molecule has 0 spiro atoms. The monoisotopic (exact) mass is 396 g/mol. The molecule has 0 bridgehead atoms. The van der Waals surface area contributed by atoms with Crippen LogP contribution in [-0.2, 0) is 0 Å². The van der Waals surface area contributed by atoms with Gasteiger partial charge in [0, 0.05) is 32.4 Å². The normalized spacial score (nSPS) is 14.3. The fraction of sp³-hybridized carbons (Fsp3) is 0.316. The van der Waals surface area contributed by atoms with Gasteiger partial charge in [-0.3, -0.25) is 14.9 Å². The lowest BCUT2D eigenvalue weighted by atomic mass is 10.2. The number of hydrogen-bond acceptors (Lipinski definition) is 7. The molecule has 29 heavy (non-hydrogen) atoms. The maximum Gasteiger partial charge on any atom is 0.433 e. The van der Waals surface area contributed by atoms with Gasteiger partial charge in [-0.15, -0.1) is 0 Å². The molecule has 1 amide bonds. The third-order valence-corrected chi connectivity index (χ3v) is 4.99. The number of rotatable bonds is 4. The van der Waals surface area contributed by atoms with Crippen molar-refractivity contribution in [3.63, 3.8) is 0 Å². The summed E-state index contributed by atoms with van der Waals surface area (Å²) in [5.74, 6) is -0.0244. The lowest BCUT2D eigenvalue weighted by Crippen LogP contribution is -2.49. The standard InChI is InChI=1S/C19H20N6O4/c1-13-18(14(2)24(21-13)16-5-3-4-8-20-16)22-9-11-23(12-10-22)19(26)15-6-7-17(29-15)25(27)28/h3-8H,9-12H2,1-2H3. The number of hydrogen-bond donors (Lipinski definition) is 0. The smallest absolute Gasteiger partial charge is 0.395 e. The van der Waals surface area contributed by atoms with Crippen LogP contribution in [0.4, 0.5) is 11.6 Å². The van der Waals surface area contributed by atoms with Crippen LogP contribution in [0.2, 0.25) is 0 Å². The maximum absolute atomic E-state index is 12.6. The molecule has 10 nitrogen and oxygen atoms in total. The van der Waals surface area contributed by atoms with Crippen molar-refractivity contribution in [1.82, 2.24) is 19.7 Å². The van der Waals surface area contributed by atoms with Crippen LogP contribution >= 0.6 is 0 Å². The van der Waals surface area contributed by atoms with E-state index in [1.165, 1.54) is 12.1 Å². The third-order valence-electron chi connectivity index (χ3n) is 4.99. The van der Waals surface area contributed by atoms with Crippen LogP contribution in [0.25, 0.3) is 5.82 Å². The third kappa shape index (κ3) is 3.44. The van der Waals surface area contributed by atoms with Crippen LogP contribution in [-0.4, -0.2) is 56.7 Å². The van der Waals surface area contributed by atoms with Crippen LogP contribution in [0.3, 0.4) is 0 Å². The molecule has 1 fully saturated rings. The summed E-state index contributed by atoms with van der Waals surface area (Å²) in [6.45, 7) is 6.20. The molecule has 3 aromatic heterocycles. The summed E-state index contributed by atoms with van der Waals surface area (Å²) in [4.78, 5) is 30.9. The number of pyridine rings is 1. The zero-order valence-corrected chi connectivity index (χ0v) is 16.1. The molecule has 1 aliphatic rings. The molecular weight excluding hydrogens is 376 g/mol. The summed E-state index contributed by atoms with van der Waals surface area (Å²) in [6.07, 6.45) is 1.73. The zero-order valence-electron chi connectivity index (χ0n) is 16.1. The van der Waals surface area contributed by atoms with Gasteiger partial charge in [-0.1, -0.05) is 6.07 Å². The van der Waals surface area contributed by atoms with Gasteiger partial charge in [0.05, 0.1) is 23.1 Å². The molecule has 150 valence electrons. The van der Waals surface area contributed by atoms with Crippen molar-refractivity contribution in [3.8, 4) is 5.82 Å². The van der Waals surface area contributed by atoms with E-state index in [1.54, 1.807) is 11.1 Å². The first-order valence-corrected chi connectivity index (χ1v) is 9.22. The number of anilines is 1. The minimum absolute atomic E-state index is 0.0134. The van der Waals surface area contributed by atoms with Crippen LogP contribution in [0.15, 0.2) is 40.9 Å². The van der Waals surface area contributed by atoms with Crippen LogP contribution < -0.4 is 4.90 Å². The second kappa shape index (κ2) is 7.38. The molecule has 4 heterocycles. The zero-order chi connectivity index (χ0) is 20.5. The number of piperazine rings is 1. The summed E-state index contributed by atoms with van der Waals surface area (Å²) in [6, 6.07) is 8.23. The lowest BCUT2D eigenvalue weighted by molar-refractivity contribution is -0.402. The quantitative estimate of drug-likeness (QED) is 0.492. The van der Waals surface area contributed by atoms with Gasteiger partial charge in [0.15, 0.2) is 11.6 Å². The molecule has 3 aromatic rings. The molecule has 0 radical (unpaired) electrons.